The highest BCUT2D eigenvalue weighted by Crippen LogP contribution is 2.31. The van der Waals surface area contributed by atoms with Gasteiger partial charge in [0.25, 0.3) is 5.91 Å². The van der Waals surface area contributed by atoms with Crippen LogP contribution in [-0.2, 0) is 6.54 Å². The third-order valence-corrected chi connectivity index (χ3v) is 2.97. The predicted molar refractivity (Wildman–Crippen MR) is 80.1 cm³/mol. The molecular formula is C15H17F2N3O3. The van der Waals surface area contributed by atoms with E-state index in [-0.39, 0.29) is 24.0 Å². The largest absolute Gasteiger partial charge is 0.490 e. The molecule has 2 rings (SSSR count). The monoisotopic (exact) mass is 325 g/mol. The molecule has 0 atom stereocenters. The van der Waals surface area contributed by atoms with E-state index in [2.05, 4.69) is 15.2 Å². The lowest BCUT2D eigenvalue weighted by atomic mass is 10.2. The number of hydrogen-bond donors (Lipinski definition) is 1. The van der Waals surface area contributed by atoms with Crippen molar-refractivity contribution in [2.75, 3.05) is 11.9 Å². The van der Waals surface area contributed by atoms with Gasteiger partial charge in [0.15, 0.2) is 11.5 Å². The maximum Gasteiger partial charge on any atom is 0.387 e. The van der Waals surface area contributed by atoms with E-state index < -0.39 is 6.61 Å². The van der Waals surface area contributed by atoms with Gasteiger partial charge in [-0.05, 0) is 32.0 Å². The van der Waals surface area contributed by atoms with Gasteiger partial charge in [-0.1, -0.05) is 0 Å². The van der Waals surface area contributed by atoms with Crippen molar-refractivity contribution in [3.05, 3.63) is 36.2 Å². The maximum absolute atomic E-state index is 12.4. The average Bonchev–Trinajstić information content (AvgIpc) is 2.98. The van der Waals surface area contributed by atoms with Crippen molar-refractivity contribution in [1.29, 1.82) is 0 Å². The molecule has 1 amide bonds. The van der Waals surface area contributed by atoms with Crippen LogP contribution in [0.4, 0.5) is 14.5 Å². The Labute approximate surface area is 132 Å². The second kappa shape index (κ2) is 7.57. The summed E-state index contributed by atoms with van der Waals surface area (Å²) in [6.07, 6.45) is 1.53. The van der Waals surface area contributed by atoms with E-state index in [4.69, 9.17) is 4.74 Å². The van der Waals surface area contributed by atoms with E-state index in [0.717, 1.165) is 0 Å². The molecule has 2 aromatic rings. The number of rotatable bonds is 7. The number of carbonyl (C=O) groups excluding carboxylic acids is 1. The van der Waals surface area contributed by atoms with Crippen LogP contribution in [0.25, 0.3) is 0 Å². The highest BCUT2D eigenvalue weighted by Gasteiger charge is 2.15. The topological polar surface area (TPSA) is 65.4 Å². The van der Waals surface area contributed by atoms with Crippen molar-refractivity contribution in [1.82, 2.24) is 9.78 Å². The number of anilines is 1. The van der Waals surface area contributed by atoms with E-state index in [9.17, 15) is 13.6 Å². The van der Waals surface area contributed by atoms with Gasteiger partial charge < -0.3 is 14.8 Å². The Hall–Kier alpha value is -2.64. The number of alkyl halides is 2. The van der Waals surface area contributed by atoms with Crippen LogP contribution in [0, 0.1) is 0 Å². The van der Waals surface area contributed by atoms with Crippen molar-refractivity contribution < 1.29 is 23.0 Å². The van der Waals surface area contributed by atoms with Crippen LogP contribution in [0.15, 0.2) is 30.5 Å². The molecule has 0 aliphatic heterocycles. The minimum atomic E-state index is -2.95. The second-order valence-corrected chi connectivity index (χ2v) is 4.46. The number of halogens is 2. The molecule has 0 saturated carbocycles. The summed E-state index contributed by atoms with van der Waals surface area (Å²) in [5.41, 5.74) is 0.808. The van der Waals surface area contributed by atoms with Gasteiger partial charge in [-0.25, -0.2) is 0 Å². The quantitative estimate of drug-likeness (QED) is 0.849. The van der Waals surface area contributed by atoms with Crippen molar-refractivity contribution in [2.45, 2.75) is 27.0 Å². The van der Waals surface area contributed by atoms with Crippen LogP contribution < -0.4 is 14.8 Å². The Kier molecular flexibility index (Phi) is 5.51. The lowest BCUT2D eigenvalue weighted by molar-refractivity contribution is -0.0514. The number of carbonyl (C=O) groups is 1. The first-order valence-electron chi connectivity index (χ1n) is 7.10. The molecule has 0 aliphatic rings. The van der Waals surface area contributed by atoms with Gasteiger partial charge in [-0.15, -0.1) is 0 Å². The van der Waals surface area contributed by atoms with Gasteiger partial charge in [-0.3, -0.25) is 9.48 Å². The summed E-state index contributed by atoms with van der Waals surface area (Å²) in [5.74, 6) is -0.303. The van der Waals surface area contributed by atoms with Crippen molar-refractivity contribution in [3.63, 3.8) is 0 Å². The molecule has 23 heavy (non-hydrogen) atoms. The number of ether oxygens (including phenoxy) is 2. The smallest absolute Gasteiger partial charge is 0.387 e. The molecule has 0 unspecified atom stereocenters. The molecule has 8 heteroatoms. The zero-order valence-electron chi connectivity index (χ0n) is 12.8. The highest BCUT2D eigenvalue weighted by molar-refractivity contribution is 6.03. The normalized spacial score (nSPS) is 10.7. The summed E-state index contributed by atoms with van der Waals surface area (Å²) in [7, 11) is 0. The van der Waals surface area contributed by atoms with E-state index >= 15 is 0 Å². The fourth-order valence-electron chi connectivity index (χ4n) is 2.02. The Bertz CT molecular complexity index is 674. The minimum Gasteiger partial charge on any atom is -0.490 e. The van der Waals surface area contributed by atoms with Gasteiger partial charge in [0, 0.05) is 24.5 Å². The lowest BCUT2D eigenvalue weighted by Crippen LogP contribution is -2.17. The summed E-state index contributed by atoms with van der Waals surface area (Å²) in [6, 6.07) is 5.82. The SMILES string of the molecule is CCOc1cc(NC(=O)c2ccnn2CC)ccc1OC(F)F. The number of benzene rings is 1. The Balaban J connectivity index is 2.19. The zero-order chi connectivity index (χ0) is 16.8. The molecule has 0 spiro atoms. The van der Waals surface area contributed by atoms with E-state index in [0.29, 0.717) is 17.9 Å². The molecule has 1 aromatic heterocycles. The average molecular weight is 325 g/mol. The van der Waals surface area contributed by atoms with Gasteiger partial charge in [0.1, 0.15) is 5.69 Å². The van der Waals surface area contributed by atoms with Gasteiger partial charge in [0.05, 0.1) is 6.61 Å². The first-order chi connectivity index (χ1) is 11.0. The number of nitrogens with one attached hydrogen (secondary N) is 1. The third kappa shape index (κ3) is 4.18. The molecule has 124 valence electrons. The number of aryl methyl sites for hydroxylation is 1. The molecule has 0 fully saturated rings. The summed E-state index contributed by atoms with van der Waals surface area (Å²) in [5, 5.41) is 6.69. The number of amides is 1. The molecule has 0 aliphatic carbocycles. The molecule has 0 bridgehead atoms. The van der Waals surface area contributed by atoms with E-state index in [1.165, 1.54) is 24.4 Å². The van der Waals surface area contributed by atoms with E-state index in [1.807, 2.05) is 6.92 Å². The summed E-state index contributed by atoms with van der Waals surface area (Å²) in [4.78, 5) is 12.2. The van der Waals surface area contributed by atoms with Gasteiger partial charge >= 0.3 is 6.61 Å². The fraction of sp³-hybridized carbons (Fsp3) is 0.333. The zero-order valence-corrected chi connectivity index (χ0v) is 12.8. The van der Waals surface area contributed by atoms with Crippen LogP contribution in [0.1, 0.15) is 24.3 Å². The first kappa shape index (κ1) is 16.7. The second-order valence-electron chi connectivity index (χ2n) is 4.46. The van der Waals surface area contributed by atoms with E-state index in [1.54, 1.807) is 17.7 Å². The number of aromatic nitrogens is 2. The van der Waals surface area contributed by atoms with Crippen molar-refractivity contribution in [3.8, 4) is 11.5 Å². The number of hydrogen-bond acceptors (Lipinski definition) is 4. The van der Waals surface area contributed by atoms with Crippen molar-refractivity contribution >= 4 is 11.6 Å². The number of nitrogens with zero attached hydrogens (tertiary/aromatic N) is 2. The Morgan fingerprint density at radius 1 is 1.30 bits per heavy atom. The molecule has 6 nitrogen and oxygen atoms in total. The fourth-order valence-corrected chi connectivity index (χ4v) is 2.02. The van der Waals surface area contributed by atoms with Crippen LogP contribution in [-0.4, -0.2) is 28.9 Å². The lowest BCUT2D eigenvalue weighted by Gasteiger charge is -2.13. The standard InChI is InChI=1S/C15H17F2N3O3/c1-3-20-11(7-8-18-20)14(21)19-10-5-6-12(23-15(16)17)13(9-10)22-4-2/h5-9,15H,3-4H2,1-2H3,(H,19,21). The van der Waals surface area contributed by atoms with Gasteiger partial charge in [-0.2, -0.15) is 13.9 Å². The summed E-state index contributed by atoms with van der Waals surface area (Å²) >= 11 is 0. The van der Waals surface area contributed by atoms with Crippen molar-refractivity contribution in [2.24, 2.45) is 0 Å². The molecule has 1 aromatic carbocycles. The highest BCUT2D eigenvalue weighted by atomic mass is 19.3. The van der Waals surface area contributed by atoms with Crippen LogP contribution >= 0.6 is 0 Å². The summed E-state index contributed by atoms with van der Waals surface area (Å²) in [6.45, 7) is 1.47. The third-order valence-electron chi connectivity index (χ3n) is 2.97. The molecule has 0 saturated heterocycles. The maximum atomic E-state index is 12.4. The van der Waals surface area contributed by atoms with Gasteiger partial charge in [0.2, 0.25) is 0 Å². The minimum absolute atomic E-state index is 0.0848. The molecule has 1 heterocycles. The predicted octanol–water partition coefficient (Wildman–Crippen LogP) is 3.16. The molecular weight excluding hydrogens is 308 g/mol. The van der Waals surface area contributed by atoms with Crippen LogP contribution in [0.2, 0.25) is 0 Å². The summed E-state index contributed by atoms with van der Waals surface area (Å²) < 4.78 is 35.9. The Morgan fingerprint density at radius 3 is 2.74 bits per heavy atom. The van der Waals surface area contributed by atoms with Crippen LogP contribution in [0.3, 0.4) is 0 Å². The van der Waals surface area contributed by atoms with Crippen LogP contribution in [0.5, 0.6) is 11.5 Å². The first-order valence-corrected chi connectivity index (χ1v) is 7.10. The molecule has 1 N–H and O–H groups in total. The Morgan fingerprint density at radius 2 is 2.09 bits per heavy atom. The molecule has 0 radical (unpaired) electrons.